The van der Waals surface area contributed by atoms with E-state index in [9.17, 15) is 9.59 Å². The molecule has 0 saturated heterocycles. The van der Waals surface area contributed by atoms with Gasteiger partial charge in [0.25, 0.3) is 5.91 Å². The highest BCUT2D eigenvalue weighted by Crippen LogP contribution is 2.23. The largest absolute Gasteiger partial charge is 0.494 e. The molecule has 0 fully saturated rings. The number of amides is 1. The quantitative estimate of drug-likeness (QED) is 0.791. The maximum atomic E-state index is 12.4. The number of benzene rings is 1. The van der Waals surface area contributed by atoms with Gasteiger partial charge in [-0.2, -0.15) is 0 Å². The van der Waals surface area contributed by atoms with Crippen LogP contribution in [0.15, 0.2) is 41.8 Å². The van der Waals surface area contributed by atoms with Gasteiger partial charge in [-0.3, -0.25) is 9.59 Å². The van der Waals surface area contributed by atoms with E-state index in [1.165, 1.54) is 18.4 Å². The Balaban J connectivity index is 2.09. The van der Waals surface area contributed by atoms with Gasteiger partial charge in [-0.05, 0) is 42.6 Å². The van der Waals surface area contributed by atoms with E-state index in [0.29, 0.717) is 17.9 Å². The zero-order valence-electron chi connectivity index (χ0n) is 13.1. The number of hydrogen-bond donors (Lipinski definition) is 1. The Bertz CT molecular complexity index is 637. The Morgan fingerprint density at radius 2 is 1.96 bits per heavy atom. The Morgan fingerprint density at radius 1 is 1.22 bits per heavy atom. The van der Waals surface area contributed by atoms with Gasteiger partial charge in [-0.15, -0.1) is 11.3 Å². The molecule has 1 atom stereocenters. The summed E-state index contributed by atoms with van der Waals surface area (Å²) in [5.74, 6) is 0.110. The summed E-state index contributed by atoms with van der Waals surface area (Å²) in [5, 5.41) is 4.79. The van der Waals surface area contributed by atoms with Gasteiger partial charge in [0.1, 0.15) is 5.75 Å². The average Bonchev–Trinajstić information content (AvgIpc) is 3.09. The van der Waals surface area contributed by atoms with Gasteiger partial charge in [0.15, 0.2) is 0 Å². The topological polar surface area (TPSA) is 64.6 Å². The zero-order valence-corrected chi connectivity index (χ0v) is 13.9. The molecule has 6 heteroatoms. The van der Waals surface area contributed by atoms with E-state index in [1.807, 2.05) is 24.4 Å². The van der Waals surface area contributed by atoms with Crippen molar-refractivity contribution in [1.29, 1.82) is 0 Å². The van der Waals surface area contributed by atoms with Gasteiger partial charge >= 0.3 is 5.97 Å². The van der Waals surface area contributed by atoms with Gasteiger partial charge in [-0.25, -0.2) is 0 Å². The van der Waals surface area contributed by atoms with E-state index in [0.717, 1.165) is 4.88 Å². The van der Waals surface area contributed by atoms with E-state index in [1.54, 1.807) is 24.3 Å². The van der Waals surface area contributed by atoms with Gasteiger partial charge in [0, 0.05) is 10.4 Å². The van der Waals surface area contributed by atoms with Crippen LogP contribution in [0.25, 0.3) is 0 Å². The fourth-order valence-corrected chi connectivity index (χ4v) is 2.85. The van der Waals surface area contributed by atoms with Crippen LogP contribution in [0.1, 0.15) is 34.6 Å². The highest BCUT2D eigenvalue weighted by Gasteiger charge is 2.20. The van der Waals surface area contributed by atoms with Crippen molar-refractivity contribution in [3.63, 3.8) is 0 Å². The molecule has 122 valence electrons. The molecule has 0 unspecified atom stereocenters. The molecule has 0 aliphatic rings. The third-order valence-corrected chi connectivity index (χ3v) is 4.20. The summed E-state index contributed by atoms with van der Waals surface area (Å²) in [7, 11) is 1.34. The molecule has 0 aliphatic heterocycles. The maximum absolute atomic E-state index is 12.4. The summed E-state index contributed by atoms with van der Waals surface area (Å²) < 4.78 is 10.1. The van der Waals surface area contributed by atoms with Gasteiger partial charge in [-0.1, -0.05) is 6.07 Å². The molecule has 0 saturated carbocycles. The lowest BCUT2D eigenvalue weighted by Gasteiger charge is -2.16. The second-order valence-corrected chi connectivity index (χ2v) is 5.76. The fourth-order valence-electron chi connectivity index (χ4n) is 2.07. The highest BCUT2D eigenvalue weighted by molar-refractivity contribution is 7.10. The van der Waals surface area contributed by atoms with Crippen LogP contribution in [-0.2, 0) is 9.53 Å². The summed E-state index contributed by atoms with van der Waals surface area (Å²) in [6.07, 6.45) is 0.0970. The lowest BCUT2D eigenvalue weighted by molar-refractivity contribution is -0.141. The van der Waals surface area contributed by atoms with E-state index in [-0.39, 0.29) is 18.3 Å². The van der Waals surface area contributed by atoms with E-state index in [4.69, 9.17) is 9.47 Å². The molecule has 5 nitrogen and oxygen atoms in total. The first-order valence-corrected chi connectivity index (χ1v) is 8.16. The first kappa shape index (κ1) is 17.0. The third kappa shape index (κ3) is 4.82. The molecular formula is C17H19NO4S. The van der Waals surface area contributed by atoms with Crippen molar-refractivity contribution in [2.75, 3.05) is 13.7 Å². The first-order valence-electron chi connectivity index (χ1n) is 7.28. The number of thiophene rings is 1. The van der Waals surface area contributed by atoms with Gasteiger partial charge in [0.05, 0.1) is 26.2 Å². The van der Waals surface area contributed by atoms with Crippen molar-refractivity contribution in [2.45, 2.75) is 19.4 Å². The van der Waals surface area contributed by atoms with Crippen LogP contribution in [-0.4, -0.2) is 25.6 Å². The smallest absolute Gasteiger partial charge is 0.307 e. The van der Waals surface area contributed by atoms with Crippen LogP contribution >= 0.6 is 11.3 Å². The fraction of sp³-hybridized carbons (Fsp3) is 0.294. The third-order valence-electron chi connectivity index (χ3n) is 3.22. The van der Waals surface area contributed by atoms with E-state index in [2.05, 4.69) is 5.32 Å². The molecule has 1 aromatic heterocycles. The standard InChI is InChI=1S/C17H19NO4S/c1-3-22-13-8-6-12(7-9-13)17(20)18-14(11-16(19)21-2)15-5-4-10-23-15/h4-10,14H,3,11H2,1-2H3,(H,18,20)/t14-/m0/s1. The van der Waals surface area contributed by atoms with E-state index < -0.39 is 6.04 Å². The van der Waals surface area contributed by atoms with Crippen LogP contribution in [0.2, 0.25) is 0 Å². The molecule has 2 rings (SSSR count). The molecule has 1 amide bonds. The number of methoxy groups -OCH3 is 1. The molecule has 1 aromatic carbocycles. The summed E-state index contributed by atoms with van der Waals surface area (Å²) in [4.78, 5) is 24.9. The summed E-state index contributed by atoms with van der Waals surface area (Å²) >= 11 is 1.49. The predicted molar refractivity (Wildman–Crippen MR) is 88.8 cm³/mol. The van der Waals surface area contributed by atoms with Crippen molar-refractivity contribution in [3.05, 3.63) is 52.2 Å². The minimum Gasteiger partial charge on any atom is -0.494 e. The number of hydrogen-bond acceptors (Lipinski definition) is 5. The molecule has 2 aromatic rings. The van der Waals surface area contributed by atoms with Crippen molar-refractivity contribution in [1.82, 2.24) is 5.32 Å². The highest BCUT2D eigenvalue weighted by atomic mass is 32.1. The molecule has 0 bridgehead atoms. The summed E-state index contributed by atoms with van der Waals surface area (Å²) in [5.41, 5.74) is 0.514. The van der Waals surface area contributed by atoms with Crippen molar-refractivity contribution < 1.29 is 19.1 Å². The molecule has 0 radical (unpaired) electrons. The molecule has 1 heterocycles. The normalized spacial score (nSPS) is 11.6. The lowest BCUT2D eigenvalue weighted by Crippen LogP contribution is -2.30. The molecule has 0 spiro atoms. The second kappa shape index (κ2) is 8.33. The molecule has 0 aliphatic carbocycles. The number of carbonyl (C=O) groups excluding carboxylic acids is 2. The van der Waals surface area contributed by atoms with Crippen molar-refractivity contribution in [3.8, 4) is 5.75 Å². The summed E-state index contributed by atoms with van der Waals surface area (Å²) in [6, 6.07) is 10.3. The predicted octanol–water partition coefficient (Wildman–Crippen LogP) is 3.18. The van der Waals surface area contributed by atoms with Crippen molar-refractivity contribution >= 4 is 23.2 Å². The molecule has 23 heavy (non-hydrogen) atoms. The van der Waals surface area contributed by atoms with Crippen LogP contribution < -0.4 is 10.1 Å². The minimum atomic E-state index is -0.401. The molecular weight excluding hydrogens is 314 g/mol. The minimum absolute atomic E-state index is 0.0970. The number of carbonyl (C=O) groups is 2. The van der Waals surface area contributed by atoms with Crippen LogP contribution in [0.4, 0.5) is 0 Å². The van der Waals surface area contributed by atoms with Crippen LogP contribution in [0.3, 0.4) is 0 Å². The monoisotopic (exact) mass is 333 g/mol. The maximum Gasteiger partial charge on any atom is 0.307 e. The molecule has 1 N–H and O–H groups in total. The van der Waals surface area contributed by atoms with Crippen molar-refractivity contribution in [2.24, 2.45) is 0 Å². The zero-order chi connectivity index (χ0) is 16.7. The Hall–Kier alpha value is -2.34. The number of rotatable bonds is 7. The number of ether oxygens (including phenoxy) is 2. The Kier molecular flexibility index (Phi) is 6.17. The van der Waals surface area contributed by atoms with Gasteiger partial charge < -0.3 is 14.8 Å². The number of esters is 1. The average molecular weight is 333 g/mol. The lowest BCUT2D eigenvalue weighted by atomic mass is 10.1. The Labute approximate surface area is 139 Å². The second-order valence-electron chi connectivity index (χ2n) is 4.78. The van der Waals surface area contributed by atoms with Crippen LogP contribution in [0.5, 0.6) is 5.75 Å². The Morgan fingerprint density at radius 3 is 2.52 bits per heavy atom. The number of nitrogens with one attached hydrogen (secondary N) is 1. The van der Waals surface area contributed by atoms with Crippen LogP contribution in [0, 0.1) is 0 Å². The van der Waals surface area contributed by atoms with E-state index >= 15 is 0 Å². The summed E-state index contributed by atoms with van der Waals surface area (Å²) in [6.45, 7) is 2.48. The van der Waals surface area contributed by atoms with Gasteiger partial charge in [0.2, 0.25) is 0 Å². The SMILES string of the molecule is CCOc1ccc(C(=O)N[C@@H](CC(=O)OC)c2cccs2)cc1. The first-order chi connectivity index (χ1) is 11.1.